The van der Waals surface area contributed by atoms with E-state index in [-0.39, 0.29) is 34.7 Å². The number of likely N-dealkylation sites (tertiary alicyclic amines) is 1. The Hall–Kier alpha value is -1.75. The van der Waals surface area contributed by atoms with Crippen molar-refractivity contribution in [3.63, 3.8) is 0 Å². The van der Waals surface area contributed by atoms with E-state index in [2.05, 4.69) is 4.72 Å². The van der Waals surface area contributed by atoms with Gasteiger partial charge in [0.15, 0.2) is 0 Å². The molecule has 0 unspecified atom stereocenters. The molecule has 0 aliphatic carbocycles. The lowest BCUT2D eigenvalue weighted by Crippen LogP contribution is -2.36. The van der Waals surface area contributed by atoms with E-state index in [0.717, 1.165) is 56.5 Å². The molecule has 2 aromatic rings. The monoisotopic (exact) mass is 453 g/mol. The van der Waals surface area contributed by atoms with Gasteiger partial charge in [0.25, 0.3) is 0 Å². The zero-order valence-corrected chi connectivity index (χ0v) is 18.5. The Bertz CT molecular complexity index is 1060. The molecule has 0 radical (unpaired) electrons. The first-order valence-corrected chi connectivity index (χ1v) is 12.8. The summed E-state index contributed by atoms with van der Waals surface area (Å²) in [6, 6.07) is 4.69. The van der Waals surface area contributed by atoms with Crippen molar-refractivity contribution in [3.8, 4) is 0 Å². The number of amides is 1. The first-order valence-electron chi connectivity index (χ1n) is 10.5. The first-order chi connectivity index (χ1) is 14.4. The van der Waals surface area contributed by atoms with Gasteiger partial charge in [-0.2, -0.15) is 0 Å². The lowest BCUT2D eigenvalue weighted by atomic mass is 10.1. The molecule has 3 heterocycles. The smallest absolute Gasteiger partial charge is 0.308 e. The van der Waals surface area contributed by atoms with Gasteiger partial charge in [0.1, 0.15) is 0 Å². The third-order valence-corrected chi connectivity index (χ3v) is 8.10. The van der Waals surface area contributed by atoms with Crippen molar-refractivity contribution in [3.05, 3.63) is 27.9 Å². The average molecular weight is 454 g/mol. The Labute approximate surface area is 179 Å². The topological polar surface area (TPSA) is 97.7 Å². The quantitative estimate of drug-likeness (QED) is 0.691. The van der Waals surface area contributed by atoms with E-state index in [1.54, 1.807) is 10.6 Å². The van der Waals surface area contributed by atoms with Crippen LogP contribution in [0, 0.1) is 0 Å². The fourth-order valence-corrected chi connectivity index (χ4v) is 6.15. The molecule has 2 aliphatic heterocycles. The Morgan fingerprint density at radius 3 is 2.73 bits per heavy atom. The van der Waals surface area contributed by atoms with Gasteiger partial charge in [0.2, 0.25) is 15.9 Å². The highest BCUT2D eigenvalue weighted by atomic mass is 32.2. The fourth-order valence-electron chi connectivity index (χ4n) is 4.03. The number of hydrogen-bond donors (Lipinski definition) is 1. The second-order valence-electron chi connectivity index (χ2n) is 7.83. The second-order valence-corrected chi connectivity index (χ2v) is 10.6. The highest BCUT2D eigenvalue weighted by Crippen LogP contribution is 2.23. The second kappa shape index (κ2) is 9.17. The van der Waals surface area contributed by atoms with Gasteiger partial charge in [-0.05, 0) is 50.3 Å². The highest BCUT2D eigenvalue weighted by molar-refractivity contribution is 7.89. The van der Waals surface area contributed by atoms with E-state index >= 15 is 0 Å². The number of sulfonamides is 1. The lowest BCUT2D eigenvalue weighted by Gasteiger charge is -2.26. The largest absolute Gasteiger partial charge is 0.377 e. The molecule has 0 bridgehead atoms. The molecule has 10 heteroatoms. The van der Waals surface area contributed by atoms with E-state index in [9.17, 15) is 18.0 Å². The van der Waals surface area contributed by atoms with Crippen LogP contribution in [0.5, 0.6) is 0 Å². The predicted molar refractivity (Wildman–Crippen MR) is 115 cm³/mol. The molecule has 30 heavy (non-hydrogen) atoms. The lowest BCUT2D eigenvalue weighted by molar-refractivity contribution is -0.132. The number of carbonyl (C=O) groups is 1. The standard InChI is InChI=1S/C20H27N3O5S2/c24-19(22-9-2-1-3-10-22)8-11-23-17-7-6-16(13-18(17)29-20(23)25)30(26,27)21-14-15-5-4-12-28-15/h6-7,13,15,21H,1-5,8-12,14H2/t15-/m1/s1. The normalized spacial score (nSPS) is 20.1. The van der Waals surface area contributed by atoms with Crippen LogP contribution in [0.1, 0.15) is 38.5 Å². The number of hydrogen-bond acceptors (Lipinski definition) is 6. The Kier molecular flexibility index (Phi) is 6.57. The molecule has 0 spiro atoms. The molecule has 1 atom stereocenters. The number of fused-ring (bicyclic) bond motifs is 1. The summed E-state index contributed by atoms with van der Waals surface area (Å²) in [6.45, 7) is 2.80. The van der Waals surface area contributed by atoms with Gasteiger partial charge < -0.3 is 9.64 Å². The molecule has 1 aromatic carbocycles. The number of carbonyl (C=O) groups excluding carboxylic acids is 1. The van der Waals surface area contributed by atoms with Gasteiger partial charge >= 0.3 is 4.87 Å². The van der Waals surface area contributed by atoms with Crippen LogP contribution < -0.4 is 9.60 Å². The summed E-state index contributed by atoms with van der Waals surface area (Å²) >= 11 is 1.01. The van der Waals surface area contributed by atoms with Crippen molar-refractivity contribution in [2.75, 3.05) is 26.2 Å². The van der Waals surface area contributed by atoms with Crippen molar-refractivity contribution in [2.45, 2.75) is 56.1 Å². The van der Waals surface area contributed by atoms with E-state index in [0.29, 0.717) is 23.4 Å². The molecule has 8 nitrogen and oxygen atoms in total. The maximum atomic E-state index is 12.6. The molecule has 0 saturated carbocycles. The number of aromatic nitrogens is 1. The molecule has 2 fully saturated rings. The van der Waals surface area contributed by atoms with Crippen molar-refractivity contribution in [1.82, 2.24) is 14.2 Å². The maximum absolute atomic E-state index is 12.6. The molecular formula is C20H27N3O5S2. The highest BCUT2D eigenvalue weighted by Gasteiger charge is 2.22. The van der Waals surface area contributed by atoms with Gasteiger partial charge in [-0.25, -0.2) is 13.1 Å². The first kappa shape index (κ1) is 21.5. The molecule has 4 rings (SSSR count). The van der Waals surface area contributed by atoms with E-state index in [1.807, 2.05) is 4.90 Å². The van der Waals surface area contributed by atoms with Crippen LogP contribution in [0.2, 0.25) is 0 Å². The number of benzene rings is 1. The summed E-state index contributed by atoms with van der Waals surface area (Å²) in [7, 11) is -3.68. The van der Waals surface area contributed by atoms with Crippen molar-refractivity contribution in [2.24, 2.45) is 0 Å². The zero-order chi connectivity index (χ0) is 21.1. The SMILES string of the molecule is O=C(CCn1c(=O)sc2cc(S(=O)(=O)NC[C@H]3CCCO3)ccc21)N1CCCCC1. The van der Waals surface area contributed by atoms with Gasteiger partial charge in [0.05, 0.1) is 21.2 Å². The van der Waals surface area contributed by atoms with Crippen LogP contribution in [-0.2, 0) is 26.1 Å². The van der Waals surface area contributed by atoms with Gasteiger partial charge in [-0.1, -0.05) is 11.3 Å². The third-order valence-electron chi connectivity index (χ3n) is 5.73. The van der Waals surface area contributed by atoms with E-state index in [1.165, 1.54) is 12.1 Å². The summed E-state index contributed by atoms with van der Waals surface area (Å²) in [5.74, 6) is 0.0680. The van der Waals surface area contributed by atoms with Crippen LogP contribution >= 0.6 is 11.3 Å². The van der Waals surface area contributed by atoms with E-state index < -0.39 is 10.0 Å². The average Bonchev–Trinajstić information content (AvgIpc) is 3.38. The number of thiazole rings is 1. The van der Waals surface area contributed by atoms with E-state index in [4.69, 9.17) is 4.74 Å². The predicted octanol–water partition coefficient (Wildman–Crippen LogP) is 1.92. The maximum Gasteiger partial charge on any atom is 0.308 e. The number of nitrogens with zero attached hydrogens (tertiary/aromatic N) is 2. The summed E-state index contributed by atoms with van der Waals surface area (Å²) in [5, 5.41) is 0. The molecule has 1 aromatic heterocycles. The molecule has 2 aliphatic rings. The number of piperidine rings is 1. The van der Waals surface area contributed by atoms with Crippen LogP contribution in [0.4, 0.5) is 0 Å². The minimum absolute atomic E-state index is 0.0680. The van der Waals surface area contributed by atoms with Crippen molar-refractivity contribution < 1.29 is 17.9 Å². The minimum Gasteiger partial charge on any atom is -0.377 e. The number of nitrogens with one attached hydrogen (secondary N) is 1. The Morgan fingerprint density at radius 1 is 1.20 bits per heavy atom. The van der Waals surface area contributed by atoms with Gasteiger partial charge in [-0.15, -0.1) is 0 Å². The minimum atomic E-state index is -3.68. The summed E-state index contributed by atoms with van der Waals surface area (Å²) in [5.41, 5.74) is 0.662. The summed E-state index contributed by atoms with van der Waals surface area (Å²) in [6.07, 6.45) is 5.21. The van der Waals surface area contributed by atoms with Gasteiger partial charge in [-0.3, -0.25) is 14.2 Å². The summed E-state index contributed by atoms with van der Waals surface area (Å²) in [4.78, 5) is 26.7. The summed E-state index contributed by atoms with van der Waals surface area (Å²) < 4.78 is 35.5. The van der Waals surface area contributed by atoms with Crippen LogP contribution in [-0.4, -0.2) is 56.1 Å². The molecule has 1 N–H and O–H groups in total. The van der Waals surface area contributed by atoms with Crippen LogP contribution in [0.25, 0.3) is 10.2 Å². The van der Waals surface area contributed by atoms with Crippen molar-refractivity contribution in [1.29, 1.82) is 0 Å². The molecule has 164 valence electrons. The third kappa shape index (κ3) is 4.77. The Morgan fingerprint density at radius 2 is 2.00 bits per heavy atom. The fraction of sp³-hybridized carbons (Fsp3) is 0.600. The molecule has 2 saturated heterocycles. The number of ether oxygens (including phenoxy) is 1. The van der Waals surface area contributed by atoms with Crippen LogP contribution in [0.15, 0.2) is 27.9 Å². The number of aryl methyl sites for hydroxylation is 1. The zero-order valence-electron chi connectivity index (χ0n) is 16.8. The van der Waals surface area contributed by atoms with Crippen LogP contribution in [0.3, 0.4) is 0 Å². The van der Waals surface area contributed by atoms with Gasteiger partial charge in [0, 0.05) is 39.2 Å². The number of rotatable bonds is 7. The molecule has 1 amide bonds. The van der Waals surface area contributed by atoms with Crippen molar-refractivity contribution >= 4 is 37.5 Å². The molecular weight excluding hydrogens is 426 g/mol. The Balaban J connectivity index is 1.46.